The number of carboxylic acid groups (broad SMARTS) is 1. The maximum Gasteiger partial charge on any atom is 0.408 e. The van der Waals surface area contributed by atoms with E-state index in [1.54, 1.807) is 39.1 Å². The Kier molecular flexibility index (Phi) is 6.94. The van der Waals surface area contributed by atoms with Gasteiger partial charge in [0.25, 0.3) is 0 Å². The molecule has 1 aliphatic rings. The number of carbonyl (C=O) groups is 1. The van der Waals surface area contributed by atoms with E-state index in [9.17, 15) is 14.3 Å². The van der Waals surface area contributed by atoms with Crippen LogP contribution in [0.2, 0.25) is 5.02 Å². The number of amides is 1. The molecule has 0 aliphatic carbocycles. The minimum absolute atomic E-state index is 0.246. The van der Waals surface area contributed by atoms with Gasteiger partial charge in [0, 0.05) is 23.5 Å². The molecule has 1 aromatic carbocycles. The number of nitrogen functional groups attached to an aromatic ring is 2. The van der Waals surface area contributed by atoms with Gasteiger partial charge in [0.1, 0.15) is 17.5 Å². The second-order valence-corrected chi connectivity index (χ2v) is 10.2. The summed E-state index contributed by atoms with van der Waals surface area (Å²) >= 11 is 7.52. The average Bonchev–Trinajstić information content (AvgIpc) is 2.72. The minimum Gasteiger partial charge on any atom is -0.465 e. The normalized spacial score (nSPS) is 16.1. The number of anilines is 3. The van der Waals surface area contributed by atoms with Crippen LogP contribution in [0.1, 0.15) is 33.6 Å². The van der Waals surface area contributed by atoms with Gasteiger partial charge in [0.15, 0.2) is 5.82 Å². The number of aromatic nitrogens is 2. The van der Waals surface area contributed by atoms with Crippen LogP contribution < -0.4 is 16.4 Å². The highest BCUT2D eigenvalue weighted by Crippen LogP contribution is 2.39. The van der Waals surface area contributed by atoms with Gasteiger partial charge in [-0.3, -0.25) is 4.90 Å². The van der Waals surface area contributed by atoms with E-state index < -0.39 is 23.8 Å². The van der Waals surface area contributed by atoms with Gasteiger partial charge in [-0.1, -0.05) is 29.4 Å². The van der Waals surface area contributed by atoms with E-state index >= 15 is 0 Å². The average molecular weight is 483 g/mol. The second-order valence-electron chi connectivity index (χ2n) is 8.81. The zero-order valence-electron chi connectivity index (χ0n) is 18.3. The molecule has 1 fully saturated rings. The number of halogens is 2. The van der Waals surface area contributed by atoms with E-state index in [1.165, 1.54) is 16.7 Å². The molecule has 8 nitrogen and oxygen atoms in total. The summed E-state index contributed by atoms with van der Waals surface area (Å²) in [6.07, 6.45) is 1.17. The Morgan fingerprint density at radius 2 is 2.00 bits per heavy atom. The van der Waals surface area contributed by atoms with Gasteiger partial charge in [-0.15, -0.1) is 0 Å². The first kappa shape index (κ1) is 24.2. The molecule has 5 N–H and O–H groups in total. The first-order valence-corrected chi connectivity index (χ1v) is 11.4. The molecule has 0 radical (unpaired) electrons. The van der Waals surface area contributed by atoms with E-state index in [4.69, 9.17) is 23.1 Å². The molecule has 1 aromatic heterocycles. The van der Waals surface area contributed by atoms with Crippen molar-refractivity contribution in [1.29, 1.82) is 0 Å². The summed E-state index contributed by atoms with van der Waals surface area (Å²) in [5, 5.41) is 10.7. The van der Waals surface area contributed by atoms with Gasteiger partial charge in [-0.05, 0) is 45.7 Å². The Morgan fingerprint density at radius 3 is 2.53 bits per heavy atom. The van der Waals surface area contributed by atoms with Crippen LogP contribution in [-0.4, -0.2) is 56.9 Å². The number of piperidine rings is 1. The third kappa shape index (κ3) is 4.80. The van der Waals surface area contributed by atoms with Crippen LogP contribution in [-0.2, 0) is 0 Å². The van der Waals surface area contributed by atoms with Gasteiger partial charge < -0.3 is 21.5 Å². The molecular formula is C21H28ClFN6O2S. The Balaban J connectivity index is 1.76. The van der Waals surface area contributed by atoms with Crippen molar-refractivity contribution in [3.63, 3.8) is 0 Å². The Labute approximate surface area is 196 Å². The molecule has 1 amide bonds. The summed E-state index contributed by atoms with van der Waals surface area (Å²) in [7, 11) is 0. The summed E-state index contributed by atoms with van der Waals surface area (Å²) in [6.45, 7) is 5.46. The van der Waals surface area contributed by atoms with Gasteiger partial charge in [0.2, 0.25) is 0 Å². The number of nitrogens with two attached hydrogens (primary N) is 2. The molecule has 1 saturated heterocycles. The fourth-order valence-electron chi connectivity index (χ4n) is 4.09. The van der Waals surface area contributed by atoms with Crippen LogP contribution in [0.3, 0.4) is 0 Å². The van der Waals surface area contributed by atoms with Gasteiger partial charge >= 0.3 is 6.09 Å². The molecule has 0 atom stereocenters. The highest BCUT2D eigenvalue weighted by atomic mass is 35.5. The highest BCUT2D eigenvalue weighted by molar-refractivity contribution is 7.99. The molecule has 0 bridgehead atoms. The molecule has 2 aromatic rings. The zero-order chi connectivity index (χ0) is 23.7. The van der Waals surface area contributed by atoms with E-state index in [2.05, 4.69) is 9.97 Å². The van der Waals surface area contributed by atoms with E-state index in [0.29, 0.717) is 47.5 Å². The first-order chi connectivity index (χ1) is 15.0. The van der Waals surface area contributed by atoms with Crippen molar-refractivity contribution in [2.45, 2.75) is 54.6 Å². The molecule has 3 rings (SSSR count). The van der Waals surface area contributed by atoms with E-state index in [1.807, 2.05) is 11.0 Å². The summed E-state index contributed by atoms with van der Waals surface area (Å²) in [5.41, 5.74) is 10.7. The number of alkyl halides is 1. The summed E-state index contributed by atoms with van der Waals surface area (Å²) < 4.78 is 14.2. The van der Waals surface area contributed by atoms with Gasteiger partial charge in [-0.2, -0.15) is 0 Å². The Bertz CT molecular complexity index is 995. The monoisotopic (exact) mass is 482 g/mol. The van der Waals surface area contributed by atoms with Gasteiger partial charge in [-0.25, -0.2) is 19.2 Å². The van der Waals surface area contributed by atoms with Crippen molar-refractivity contribution in [3.05, 3.63) is 29.4 Å². The zero-order valence-corrected chi connectivity index (χ0v) is 19.9. The minimum atomic E-state index is -1.12. The van der Waals surface area contributed by atoms with Gasteiger partial charge in [0.05, 0.1) is 22.4 Å². The standard InChI is InChI=1S/C21H28ClFN6O2S/c1-20(2,3)29(19(30)31)21(12-23)7-9-28(10-8-21)15-11-26-18(17(25)27-15)32-14-6-4-5-13(24)16(14)22/h4-6,11H,7-10,12,24H2,1-3H3,(H2,25,27)(H,30,31). The fourth-order valence-corrected chi connectivity index (χ4v) is 5.15. The lowest BCUT2D eigenvalue weighted by Crippen LogP contribution is -2.64. The molecule has 0 unspecified atom stereocenters. The smallest absolute Gasteiger partial charge is 0.408 e. The third-order valence-electron chi connectivity index (χ3n) is 5.55. The topological polar surface area (TPSA) is 122 Å². The summed E-state index contributed by atoms with van der Waals surface area (Å²) in [4.78, 5) is 24.8. The third-order valence-corrected chi connectivity index (χ3v) is 7.16. The first-order valence-electron chi connectivity index (χ1n) is 10.2. The van der Waals surface area contributed by atoms with Crippen molar-refractivity contribution in [1.82, 2.24) is 14.9 Å². The van der Waals surface area contributed by atoms with Crippen molar-refractivity contribution in [3.8, 4) is 0 Å². The molecule has 1 aliphatic heterocycles. The van der Waals surface area contributed by atoms with Crippen LogP contribution in [0.25, 0.3) is 0 Å². The number of hydrogen-bond donors (Lipinski definition) is 3. The van der Waals surface area contributed by atoms with Crippen molar-refractivity contribution < 1.29 is 14.3 Å². The fraction of sp³-hybridized carbons (Fsp3) is 0.476. The number of nitrogens with zero attached hydrogens (tertiary/aromatic N) is 4. The summed E-state index contributed by atoms with van der Waals surface area (Å²) in [5.74, 6) is 0.811. The molecule has 11 heteroatoms. The SMILES string of the molecule is CC(C)(C)N(C(=O)O)C1(CF)CCN(c2cnc(Sc3cccc(N)c3Cl)c(N)n2)CC1. The predicted molar refractivity (Wildman–Crippen MR) is 126 cm³/mol. The number of hydrogen-bond acceptors (Lipinski definition) is 7. The molecule has 174 valence electrons. The van der Waals surface area contributed by atoms with Crippen LogP contribution in [0.15, 0.2) is 34.3 Å². The largest absolute Gasteiger partial charge is 0.465 e. The summed E-state index contributed by atoms with van der Waals surface area (Å²) in [6, 6.07) is 5.33. The van der Waals surface area contributed by atoms with Crippen LogP contribution in [0.4, 0.5) is 26.5 Å². The molecule has 0 saturated carbocycles. The number of benzene rings is 1. The Morgan fingerprint density at radius 1 is 1.34 bits per heavy atom. The van der Waals surface area contributed by atoms with Crippen molar-refractivity contribution in [2.75, 3.05) is 36.1 Å². The lowest BCUT2D eigenvalue weighted by Gasteiger charge is -2.51. The lowest BCUT2D eigenvalue weighted by atomic mass is 9.83. The maximum absolute atomic E-state index is 14.2. The Hall–Kier alpha value is -2.46. The van der Waals surface area contributed by atoms with E-state index in [-0.39, 0.29) is 5.82 Å². The maximum atomic E-state index is 14.2. The second kappa shape index (κ2) is 9.19. The lowest BCUT2D eigenvalue weighted by molar-refractivity contribution is -0.0117. The van der Waals surface area contributed by atoms with E-state index in [0.717, 1.165) is 4.90 Å². The quantitative estimate of drug-likeness (QED) is 0.531. The van der Waals surface area contributed by atoms with Crippen molar-refractivity contribution >= 4 is 46.8 Å². The molecule has 0 spiro atoms. The molecule has 32 heavy (non-hydrogen) atoms. The van der Waals surface area contributed by atoms with Crippen molar-refractivity contribution in [2.24, 2.45) is 0 Å². The number of rotatable bonds is 5. The molecular weight excluding hydrogens is 455 g/mol. The highest BCUT2D eigenvalue weighted by Gasteiger charge is 2.47. The van der Waals surface area contributed by atoms with Crippen LogP contribution in [0.5, 0.6) is 0 Å². The van der Waals surface area contributed by atoms with Crippen LogP contribution >= 0.6 is 23.4 Å². The van der Waals surface area contributed by atoms with Crippen LogP contribution in [0, 0.1) is 0 Å². The molecule has 2 heterocycles. The predicted octanol–water partition coefficient (Wildman–Crippen LogP) is 4.53.